The minimum Gasteiger partial charge on any atom is -0.378 e. The Morgan fingerprint density at radius 3 is 2.27 bits per heavy atom. The summed E-state index contributed by atoms with van der Waals surface area (Å²) in [6, 6.07) is 7.68. The molecule has 3 heteroatoms. The number of anilines is 1. The van der Waals surface area contributed by atoms with Crippen LogP contribution in [-0.2, 0) is 0 Å². The van der Waals surface area contributed by atoms with Crippen molar-refractivity contribution >= 4 is 27.4 Å². The van der Waals surface area contributed by atoms with Crippen molar-refractivity contribution in [2.45, 2.75) is 18.2 Å². The minimum atomic E-state index is -0.0669. The van der Waals surface area contributed by atoms with Crippen LogP contribution in [0.1, 0.15) is 23.7 Å². The lowest BCUT2D eigenvalue weighted by atomic mass is 10.1. The first-order chi connectivity index (χ1) is 7.06. The van der Waals surface area contributed by atoms with Crippen LogP contribution >= 0.6 is 15.9 Å². The molecule has 0 aliphatic carbocycles. The largest absolute Gasteiger partial charge is 0.378 e. The van der Waals surface area contributed by atoms with E-state index < -0.39 is 0 Å². The van der Waals surface area contributed by atoms with Gasteiger partial charge in [-0.05, 0) is 30.7 Å². The number of benzene rings is 1. The number of ketones is 1. The van der Waals surface area contributed by atoms with Gasteiger partial charge in [0.1, 0.15) is 0 Å². The number of alkyl halides is 1. The molecule has 0 saturated carbocycles. The number of nitrogens with zero attached hydrogens (tertiary/aromatic N) is 1. The summed E-state index contributed by atoms with van der Waals surface area (Å²) in [5.74, 6) is 0.155. The number of carbonyl (C=O) groups excluding carboxylic acids is 1. The summed E-state index contributed by atoms with van der Waals surface area (Å²) in [5.41, 5.74) is 1.87. The van der Waals surface area contributed by atoms with Crippen LogP contribution in [-0.4, -0.2) is 24.7 Å². The van der Waals surface area contributed by atoms with Gasteiger partial charge in [0, 0.05) is 25.3 Å². The molecule has 0 aliphatic rings. The van der Waals surface area contributed by atoms with Crippen LogP contribution in [0.4, 0.5) is 5.69 Å². The second-order valence-corrected chi connectivity index (χ2v) is 4.79. The number of halogens is 1. The third-order valence-corrected chi connectivity index (χ3v) is 3.37. The van der Waals surface area contributed by atoms with E-state index in [1.54, 1.807) is 0 Å². The van der Waals surface area contributed by atoms with E-state index in [1.165, 1.54) is 0 Å². The van der Waals surface area contributed by atoms with E-state index in [4.69, 9.17) is 0 Å². The lowest BCUT2D eigenvalue weighted by Crippen LogP contribution is -2.13. The highest BCUT2D eigenvalue weighted by molar-refractivity contribution is 9.10. The SMILES string of the molecule is CCC(Br)C(=O)c1ccc(N(C)C)cc1. The van der Waals surface area contributed by atoms with Crippen molar-refractivity contribution in [3.05, 3.63) is 29.8 Å². The predicted octanol–water partition coefficient (Wildman–Crippen LogP) is 3.11. The van der Waals surface area contributed by atoms with Gasteiger partial charge in [0.25, 0.3) is 0 Å². The van der Waals surface area contributed by atoms with Crippen molar-refractivity contribution in [2.75, 3.05) is 19.0 Å². The molecule has 1 aromatic carbocycles. The minimum absolute atomic E-state index is 0.0669. The third kappa shape index (κ3) is 3.06. The maximum Gasteiger partial charge on any atom is 0.176 e. The molecule has 0 aromatic heterocycles. The summed E-state index contributed by atoms with van der Waals surface area (Å²) >= 11 is 3.37. The average molecular weight is 270 g/mol. The molecule has 1 aromatic rings. The number of hydrogen-bond donors (Lipinski definition) is 0. The van der Waals surface area contributed by atoms with Crippen LogP contribution in [0.3, 0.4) is 0 Å². The molecule has 2 nitrogen and oxygen atoms in total. The van der Waals surface area contributed by atoms with Gasteiger partial charge < -0.3 is 4.90 Å². The Labute approximate surface area is 99.4 Å². The molecule has 0 fully saturated rings. The first-order valence-corrected chi connectivity index (χ1v) is 5.93. The van der Waals surface area contributed by atoms with Crippen molar-refractivity contribution in [3.63, 3.8) is 0 Å². The van der Waals surface area contributed by atoms with E-state index in [9.17, 15) is 4.79 Å². The van der Waals surface area contributed by atoms with Crippen molar-refractivity contribution < 1.29 is 4.79 Å². The zero-order chi connectivity index (χ0) is 11.4. The Balaban J connectivity index is 2.84. The van der Waals surface area contributed by atoms with Crippen molar-refractivity contribution in [1.29, 1.82) is 0 Å². The first-order valence-electron chi connectivity index (χ1n) is 5.02. The van der Waals surface area contributed by atoms with Crippen LogP contribution in [0.25, 0.3) is 0 Å². The highest BCUT2D eigenvalue weighted by Crippen LogP contribution is 2.17. The fourth-order valence-corrected chi connectivity index (χ4v) is 1.55. The molecule has 15 heavy (non-hydrogen) atoms. The molecule has 0 aliphatic heterocycles. The molecule has 1 unspecified atom stereocenters. The lowest BCUT2D eigenvalue weighted by molar-refractivity contribution is 0.0990. The Hall–Kier alpha value is -0.830. The van der Waals surface area contributed by atoms with E-state index in [1.807, 2.05) is 50.2 Å². The summed E-state index contributed by atoms with van der Waals surface area (Å²) in [7, 11) is 3.96. The molecule has 0 radical (unpaired) electrons. The molecule has 0 saturated heterocycles. The second-order valence-electron chi connectivity index (χ2n) is 3.68. The number of Topliss-reactive ketones (excluding diaryl/α,β-unsaturated/α-hetero) is 1. The molecule has 0 heterocycles. The van der Waals surface area contributed by atoms with E-state index >= 15 is 0 Å². The Morgan fingerprint density at radius 1 is 1.33 bits per heavy atom. The fraction of sp³-hybridized carbons (Fsp3) is 0.417. The zero-order valence-electron chi connectivity index (χ0n) is 9.33. The normalized spacial score (nSPS) is 12.3. The highest BCUT2D eigenvalue weighted by Gasteiger charge is 2.14. The van der Waals surface area contributed by atoms with Gasteiger partial charge in [-0.1, -0.05) is 22.9 Å². The predicted molar refractivity (Wildman–Crippen MR) is 68.1 cm³/mol. The molecule has 82 valence electrons. The van der Waals surface area contributed by atoms with Gasteiger partial charge >= 0.3 is 0 Å². The molecular formula is C12H16BrNO. The van der Waals surface area contributed by atoms with Crippen molar-refractivity contribution in [3.8, 4) is 0 Å². The Kier molecular flexibility index (Phi) is 4.33. The molecule has 0 N–H and O–H groups in total. The standard InChI is InChI=1S/C12H16BrNO/c1-4-11(13)12(15)9-5-7-10(8-6-9)14(2)3/h5-8,11H,4H2,1-3H3. The van der Waals surface area contributed by atoms with Gasteiger partial charge in [-0.3, -0.25) is 4.79 Å². The lowest BCUT2D eigenvalue weighted by Gasteiger charge is -2.13. The smallest absolute Gasteiger partial charge is 0.176 e. The molecular weight excluding hydrogens is 254 g/mol. The summed E-state index contributed by atoms with van der Waals surface area (Å²) in [4.78, 5) is 13.7. The van der Waals surface area contributed by atoms with Gasteiger partial charge in [0.15, 0.2) is 5.78 Å². The van der Waals surface area contributed by atoms with Gasteiger partial charge in [-0.2, -0.15) is 0 Å². The van der Waals surface area contributed by atoms with Crippen LogP contribution in [0, 0.1) is 0 Å². The number of hydrogen-bond acceptors (Lipinski definition) is 2. The van der Waals surface area contributed by atoms with Crippen LogP contribution in [0.15, 0.2) is 24.3 Å². The molecule has 0 spiro atoms. The topological polar surface area (TPSA) is 20.3 Å². The van der Waals surface area contributed by atoms with E-state index in [0.717, 1.165) is 17.7 Å². The van der Waals surface area contributed by atoms with Crippen LogP contribution in [0.5, 0.6) is 0 Å². The summed E-state index contributed by atoms with van der Waals surface area (Å²) in [6.07, 6.45) is 0.814. The summed E-state index contributed by atoms with van der Waals surface area (Å²) < 4.78 is 0. The van der Waals surface area contributed by atoms with Crippen LogP contribution in [0.2, 0.25) is 0 Å². The monoisotopic (exact) mass is 269 g/mol. The third-order valence-electron chi connectivity index (χ3n) is 2.31. The van der Waals surface area contributed by atoms with Crippen LogP contribution < -0.4 is 4.90 Å². The van der Waals surface area contributed by atoms with Gasteiger partial charge in [-0.15, -0.1) is 0 Å². The maximum atomic E-state index is 11.8. The van der Waals surface area contributed by atoms with E-state index in [0.29, 0.717) is 0 Å². The zero-order valence-corrected chi connectivity index (χ0v) is 10.9. The van der Waals surface area contributed by atoms with Gasteiger partial charge in [0.2, 0.25) is 0 Å². The summed E-state index contributed by atoms with van der Waals surface area (Å²) in [5, 5.41) is 0. The number of rotatable bonds is 4. The molecule has 0 amide bonds. The fourth-order valence-electron chi connectivity index (χ4n) is 1.29. The van der Waals surface area contributed by atoms with E-state index in [2.05, 4.69) is 15.9 Å². The maximum absolute atomic E-state index is 11.8. The van der Waals surface area contributed by atoms with Crippen molar-refractivity contribution in [1.82, 2.24) is 0 Å². The Bertz CT molecular complexity index is 332. The number of carbonyl (C=O) groups is 1. The van der Waals surface area contributed by atoms with Gasteiger partial charge in [-0.25, -0.2) is 0 Å². The Morgan fingerprint density at radius 2 is 1.87 bits per heavy atom. The average Bonchev–Trinajstić information content (AvgIpc) is 2.27. The summed E-state index contributed by atoms with van der Waals surface area (Å²) in [6.45, 7) is 1.99. The highest BCUT2D eigenvalue weighted by atomic mass is 79.9. The molecule has 0 bridgehead atoms. The second kappa shape index (κ2) is 5.31. The molecule has 1 atom stereocenters. The van der Waals surface area contributed by atoms with E-state index in [-0.39, 0.29) is 10.6 Å². The first kappa shape index (κ1) is 12.2. The quantitative estimate of drug-likeness (QED) is 0.619. The van der Waals surface area contributed by atoms with Crippen molar-refractivity contribution in [2.24, 2.45) is 0 Å². The van der Waals surface area contributed by atoms with Gasteiger partial charge in [0.05, 0.1) is 4.83 Å². The molecule has 1 rings (SSSR count).